The van der Waals surface area contributed by atoms with Crippen LogP contribution in [0, 0.1) is 6.92 Å². The number of thiazole rings is 1. The molecule has 118 valence electrons. The van der Waals surface area contributed by atoms with E-state index in [1.165, 1.54) is 15.9 Å². The third-order valence-corrected chi connectivity index (χ3v) is 4.53. The van der Waals surface area contributed by atoms with E-state index in [0.29, 0.717) is 20.9 Å². The van der Waals surface area contributed by atoms with Gasteiger partial charge in [0.05, 0.1) is 11.4 Å². The summed E-state index contributed by atoms with van der Waals surface area (Å²) in [6, 6.07) is 0. The first-order chi connectivity index (χ1) is 10.4. The highest BCUT2D eigenvalue weighted by molar-refractivity contribution is 7.99. The number of carbonyl (C=O) groups is 2. The van der Waals surface area contributed by atoms with Gasteiger partial charge in [-0.1, -0.05) is 23.1 Å². The van der Waals surface area contributed by atoms with Gasteiger partial charge in [0.15, 0.2) is 5.13 Å². The molecular formula is C11H15N7O2S2. The van der Waals surface area contributed by atoms with Gasteiger partial charge in [0, 0.05) is 14.1 Å². The molecule has 0 saturated heterocycles. The van der Waals surface area contributed by atoms with E-state index in [1.807, 2.05) is 0 Å². The predicted octanol–water partition coefficient (Wildman–Crippen LogP) is 0.189. The van der Waals surface area contributed by atoms with Crippen LogP contribution in [-0.4, -0.2) is 56.4 Å². The number of aryl methyl sites for hydroxylation is 1. The maximum Gasteiger partial charge on any atom is 0.265 e. The highest BCUT2D eigenvalue weighted by Gasteiger charge is 2.18. The van der Waals surface area contributed by atoms with Crippen molar-refractivity contribution in [2.75, 3.05) is 31.0 Å². The molecule has 0 spiro atoms. The first-order valence-electron chi connectivity index (χ1n) is 6.15. The lowest BCUT2D eigenvalue weighted by Crippen LogP contribution is -2.21. The Labute approximate surface area is 134 Å². The van der Waals surface area contributed by atoms with Crippen molar-refractivity contribution in [2.45, 2.75) is 12.1 Å². The van der Waals surface area contributed by atoms with E-state index in [-0.39, 0.29) is 17.6 Å². The average molecular weight is 341 g/mol. The van der Waals surface area contributed by atoms with Crippen molar-refractivity contribution >= 4 is 40.0 Å². The largest absolute Gasteiger partial charge is 0.344 e. The summed E-state index contributed by atoms with van der Waals surface area (Å²) in [4.78, 5) is 30.0. The minimum absolute atomic E-state index is 0.117. The maximum absolute atomic E-state index is 11.9. The molecule has 0 aromatic carbocycles. The van der Waals surface area contributed by atoms with E-state index in [9.17, 15) is 9.59 Å². The lowest BCUT2D eigenvalue weighted by molar-refractivity contribution is -0.113. The Balaban J connectivity index is 1.96. The Morgan fingerprint density at radius 3 is 2.82 bits per heavy atom. The van der Waals surface area contributed by atoms with Gasteiger partial charge in [0.2, 0.25) is 11.1 Å². The van der Waals surface area contributed by atoms with Crippen LogP contribution in [0.15, 0.2) is 11.5 Å². The average Bonchev–Trinajstić information content (AvgIpc) is 3.01. The van der Waals surface area contributed by atoms with E-state index in [0.717, 1.165) is 23.1 Å². The van der Waals surface area contributed by atoms with E-state index in [2.05, 4.69) is 20.5 Å². The van der Waals surface area contributed by atoms with Crippen LogP contribution in [0.2, 0.25) is 0 Å². The molecule has 0 radical (unpaired) electrons. The van der Waals surface area contributed by atoms with Crippen molar-refractivity contribution < 1.29 is 9.59 Å². The molecule has 11 heteroatoms. The third-order valence-electron chi connectivity index (χ3n) is 2.52. The van der Waals surface area contributed by atoms with E-state index >= 15 is 0 Å². The number of rotatable bonds is 5. The SMILES string of the molecule is Cc1nc(NC(=O)CSc2nncn2N)sc1C(=O)N(C)C. The second kappa shape index (κ2) is 6.75. The molecule has 2 rings (SSSR count). The number of amides is 2. The summed E-state index contributed by atoms with van der Waals surface area (Å²) in [5, 5.41) is 10.9. The molecule has 0 aliphatic heterocycles. The number of anilines is 1. The van der Waals surface area contributed by atoms with E-state index < -0.39 is 0 Å². The van der Waals surface area contributed by atoms with E-state index in [4.69, 9.17) is 5.84 Å². The van der Waals surface area contributed by atoms with Gasteiger partial charge in [-0.3, -0.25) is 9.59 Å². The van der Waals surface area contributed by atoms with Crippen LogP contribution in [0.3, 0.4) is 0 Å². The van der Waals surface area contributed by atoms with Crippen molar-refractivity contribution in [3.63, 3.8) is 0 Å². The molecule has 0 saturated carbocycles. The minimum Gasteiger partial charge on any atom is -0.344 e. The van der Waals surface area contributed by atoms with Crippen LogP contribution < -0.4 is 11.2 Å². The van der Waals surface area contributed by atoms with Gasteiger partial charge in [-0.2, -0.15) is 0 Å². The molecule has 3 N–H and O–H groups in total. The summed E-state index contributed by atoms with van der Waals surface area (Å²) in [5.41, 5.74) is 0.591. The Bertz CT molecular complexity index is 694. The zero-order chi connectivity index (χ0) is 16.3. The number of nitrogens with zero attached hydrogens (tertiary/aromatic N) is 5. The van der Waals surface area contributed by atoms with Crippen LogP contribution in [0.25, 0.3) is 0 Å². The van der Waals surface area contributed by atoms with Crippen molar-refractivity contribution in [2.24, 2.45) is 0 Å². The highest BCUT2D eigenvalue weighted by Crippen LogP contribution is 2.24. The van der Waals surface area contributed by atoms with Crippen LogP contribution in [0.4, 0.5) is 5.13 Å². The zero-order valence-electron chi connectivity index (χ0n) is 12.2. The Kier molecular flexibility index (Phi) is 4.98. The van der Waals surface area contributed by atoms with Crippen molar-refractivity contribution in [3.8, 4) is 0 Å². The second-order valence-corrected chi connectivity index (χ2v) is 6.43. The van der Waals surface area contributed by atoms with Crippen molar-refractivity contribution in [3.05, 3.63) is 16.9 Å². The fourth-order valence-corrected chi connectivity index (χ4v) is 3.11. The molecule has 9 nitrogen and oxygen atoms in total. The molecule has 2 amide bonds. The molecule has 2 aromatic heterocycles. The molecule has 0 unspecified atom stereocenters. The molecular weight excluding hydrogens is 326 g/mol. The standard InChI is InChI=1S/C11H15N7O2S2/c1-6-8(9(20)17(2)3)22-10(14-6)15-7(19)4-21-11-16-13-5-18(11)12/h5H,4,12H2,1-3H3,(H,14,15,19). The summed E-state index contributed by atoms with van der Waals surface area (Å²) in [6.07, 6.45) is 1.35. The quantitative estimate of drug-likeness (QED) is 0.588. The smallest absolute Gasteiger partial charge is 0.265 e. The van der Waals surface area contributed by atoms with Crippen molar-refractivity contribution in [1.29, 1.82) is 0 Å². The third kappa shape index (κ3) is 3.74. The van der Waals surface area contributed by atoms with Gasteiger partial charge in [0.25, 0.3) is 5.91 Å². The topological polar surface area (TPSA) is 119 Å². The number of thioether (sulfide) groups is 1. The van der Waals surface area contributed by atoms with Crippen LogP contribution in [-0.2, 0) is 4.79 Å². The number of carbonyl (C=O) groups excluding carboxylic acids is 2. The first-order valence-corrected chi connectivity index (χ1v) is 7.95. The molecule has 0 aliphatic carbocycles. The summed E-state index contributed by atoms with van der Waals surface area (Å²) >= 11 is 2.31. The number of hydrogen-bond acceptors (Lipinski definition) is 8. The number of aromatic nitrogens is 4. The van der Waals surface area contributed by atoms with Gasteiger partial charge in [-0.05, 0) is 6.92 Å². The first kappa shape index (κ1) is 16.2. The lowest BCUT2D eigenvalue weighted by Gasteiger charge is -2.07. The Hall–Kier alpha value is -2.14. The number of nitrogens with two attached hydrogens (primary N) is 1. The second-order valence-electron chi connectivity index (χ2n) is 4.49. The molecule has 0 bridgehead atoms. The summed E-state index contributed by atoms with van der Waals surface area (Å²) in [7, 11) is 3.33. The molecule has 2 aromatic rings. The fraction of sp³-hybridized carbons (Fsp3) is 0.364. The van der Waals surface area contributed by atoms with Gasteiger partial charge in [0.1, 0.15) is 11.2 Å². The predicted molar refractivity (Wildman–Crippen MR) is 84.4 cm³/mol. The fourth-order valence-electron chi connectivity index (χ4n) is 1.47. The maximum atomic E-state index is 11.9. The normalized spacial score (nSPS) is 10.5. The monoisotopic (exact) mass is 341 g/mol. The van der Waals surface area contributed by atoms with Gasteiger partial charge in [-0.25, -0.2) is 9.66 Å². The Morgan fingerprint density at radius 1 is 1.50 bits per heavy atom. The Morgan fingerprint density at radius 2 is 2.23 bits per heavy atom. The van der Waals surface area contributed by atoms with Crippen LogP contribution >= 0.6 is 23.1 Å². The van der Waals surface area contributed by atoms with Crippen LogP contribution in [0.1, 0.15) is 15.4 Å². The lowest BCUT2D eigenvalue weighted by atomic mass is 10.3. The van der Waals surface area contributed by atoms with Crippen LogP contribution in [0.5, 0.6) is 0 Å². The van der Waals surface area contributed by atoms with E-state index in [1.54, 1.807) is 21.0 Å². The number of hydrogen-bond donors (Lipinski definition) is 2. The van der Waals surface area contributed by atoms with Gasteiger partial charge < -0.3 is 16.1 Å². The van der Waals surface area contributed by atoms with Gasteiger partial charge >= 0.3 is 0 Å². The molecule has 2 heterocycles. The number of nitrogen functional groups attached to an aromatic ring is 1. The molecule has 0 aliphatic rings. The highest BCUT2D eigenvalue weighted by atomic mass is 32.2. The minimum atomic E-state index is -0.259. The molecule has 22 heavy (non-hydrogen) atoms. The summed E-state index contributed by atoms with van der Waals surface area (Å²) in [6.45, 7) is 1.73. The molecule has 0 atom stereocenters. The van der Waals surface area contributed by atoms with Crippen molar-refractivity contribution in [1.82, 2.24) is 24.8 Å². The van der Waals surface area contributed by atoms with Gasteiger partial charge in [-0.15, -0.1) is 10.2 Å². The molecule has 0 fully saturated rings. The summed E-state index contributed by atoms with van der Waals surface area (Å²) in [5.74, 6) is 5.27. The summed E-state index contributed by atoms with van der Waals surface area (Å²) < 4.78 is 1.24. The zero-order valence-corrected chi connectivity index (χ0v) is 13.9. The number of nitrogens with one attached hydrogen (secondary N) is 1.